The predicted octanol–water partition coefficient (Wildman–Crippen LogP) is 2.92. The van der Waals surface area contributed by atoms with Crippen LogP contribution in [0.4, 0.5) is 5.69 Å². The number of thiazole rings is 1. The largest absolute Gasteiger partial charge is 0.319 e. The quantitative estimate of drug-likeness (QED) is 0.425. The highest BCUT2D eigenvalue weighted by Crippen LogP contribution is 2.22. The average Bonchev–Trinajstić information content (AvgIpc) is 3.03. The van der Waals surface area contributed by atoms with E-state index in [1.807, 2.05) is 0 Å². The molecule has 2 aromatic carbocycles. The molecule has 0 aliphatic rings. The molecule has 30 heavy (non-hydrogen) atoms. The number of non-ortho nitro benzene ring substituents is 1. The summed E-state index contributed by atoms with van der Waals surface area (Å²) in [6.45, 7) is 4.24. The van der Waals surface area contributed by atoms with Gasteiger partial charge in [-0.1, -0.05) is 25.2 Å². The van der Waals surface area contributed by atoms with Gasteiger partial charge in [0.25, 0.3) is 11.6 Å². The first kappa shape index (κ1) is 21.8. The van der Waals surface area contributed by atoms with Crippen LogP contribution in [-0.2, 0) is 17.1 Å². The van der Waals surface area contributed by atoms with Crippen molar-refractivity contribution in [2.45, 2.75) is 18.7 Å². The standard InChI is InChI=1S/C19H20N4O5S2/c1-4-22(5-2)30(27,28)15-9-6-13(7-10-15)18(24)20-19-21(3)16-12-14(23(25)26)8-11-17(16)29-19/h6-12H,4-5H2,1-3H3. The lowest BCUT2D eigenvalue weighted by Crippen LogP contribution is -2.30. The molecule has 0 aliphatic carbocycles. The minimum atomic E-state index is -3.60. The second-order valence-electron chi connectivity index (χ2n) is 6.38. The van der Waals surface area contributed by atoms with E-state index >= 15 is 0 Å². The van der Waals surface area contributed by atoms with E-state index in [0.29, 0.717) is 23.4 Å². The fraction of sp³-hybridized carbons (Fsp3) is 0.263. The number of amides is 1. The van der Waals surface area contributed by atoms with Gasteiger partial charge in [0.2, 0.25) is 10.0 Å². The summed E-state index contributed by atoms with van der Waals surface area (Å²) in [5.74, 6) is -0.529. The van der Waals surface area contributed by atoms with Crippen LogP contribution in [0.3, 0.4) is 0 Å². The Bertz CT molecular complexity index is 1290. The van der Waals surface area contributed by atoms with Gasteiger partial charge in [0.15, 0.2) is 4.80 Å². The van der Waals surface area contributed by atoms with Crippen molar-refractivity contribution in [2.24, 2.45) is 12.0 Å². The Hall–Kier alpha value is -2.89. The maximum absolute atomic E-state index is 12.6. The third-order valence-corrected chi connectivity index (χ3v) is 7.82. The summed E-state index contributed by atoms with van der Waals surface area (Å²) in [6, 6.07) is 10.1. The van der Waals surface area contributed by atoms with Crippen molar-refractivity contribution in [3.05, 3.63) is 62.9 Å². The molecule has 9 nitrogen and oxygen atoms in total. The van der Waals surface area contributed by atoms with Crippen LogP contribution in [0.5, 0.6) is 0 Å². The highest BCUT2D eigenvalue weighted by Gasteiger charge is 2.21. The number of benzene rings is 2. The number of fused-ring (bicyclic) bond motifs is 1. The molecule has 0 N–H and O–H groups in total. The normalized spacial score (nSPS) is 12.6. The highest BCUT2D eigenvalue weighted by atomic mass is 32.2. The molecule has 0 bridgehead atoms. The summed E-state index contributed by atoms with van der Waals surface area (Å²) in [5, 5.41) is 11.0. The molecule has 0 fully saturated rings. The van der Waals surface area contributed by atoms with Gasteiger partial charge in [-0.25, -0.2) is 8.42 Å². The second-order valence-corrected chi connectivity index (χ2v) is 9.33. The van der Waals surface area contributed by atoms with E-state index in [9.17, 15) is 23.3 Å². The molecule has 0 unspecified atom stereocenters. The van der Waals surface area contributed by atoms with Crippen LogP contribution in [0.1, 0.15) is 24.2 Å². The molecule has 1 amide bonds. The van der Waals surface area contributed by atoms with Crippen molar-refractivity contribution in [3.8, 4) is 0 Å². The molecular weight excluding hydrogens is 428 g/mol. The summed E-state index contributed by atoms with van der Waals surface area (Å²) in [7, 11) is -1.93. The second kappa shape index (κ2) is 8.46. The third kappa shape index (κ3) is 4.04. The van der Waals surface area contributed by atoms with Crippen molar-refractivity contribution in [2.75, 3.05) is 13.1 Å². The lowest BCUT2D eigenvalue weighted by Gasteiger charge is -2.18. The number of hydrogen-bond acceptors (Lipinski definition) is 6. The molecule has 1 aromatic heterocycles. The van der Waals surface area contributed by atoms with Gasteiger partial charge in [0.05, 0.1) is 20.0 Å². The van der Waals surface area contributed by atoms with Gasteiger partial charge in [-0.2, -0.15) is 9.30 Å². The number of carbonyl (C=O) groups excluding carboxylic acids is 1. The van der Waals surface area contributed by atoms with Gasteiger partial charge in [0.1, 0.15) is 0 Å². The molecule has 0 radical (unpaired) electrons. The van der Waals surface area contributed by atoms with Crippen LogP contribution in [0.15, 0.2) is 52.4 Å². The van der Waals surface area contributed by atoms with Crippen LogP contribution in [-0.4, -0.2) is 41.2 Å². The summed E-state index contributed by atoms with van der Waals surface area (Å²) >= 11 is 1.23. The zero-order valence-corrected chi connectivity index (χ0v) is 18.2. The van der Waals surface area contributed by atoms with E-state index in [1.165, 1.54) is 52.0 Å². The Kier molecular flexibility index (Phi) is 6.15. The first-order chi connectivity index (χ1) is 14.2. The number of nitro groups is 1. The Morgan fingerprint density at radius 2 is 1.80 bits per heavy atom. The van der Waals surface area contributed by atoms with Gasteiger partial charge < -0.3 is 4.57 Å². The number of carbonyl (C=O) groups is 1. The molecule has 158 valence electrons. The van der Waals surface area contributed by atoms with Crippen molar-refractivity contribution in [1.82, 2.24) is 8.87 Å². The van der Waals surface area contributed by atoms with Crippen molar-refractivity contribution >= 4 is 43.2 Å². The molecular formula is C19H20N4O5S2. The van der Waals surface area contributed by atoms with Gasteiger partial charge in [-0.15, -0.1) is 0 Å². The summed E-state index contributed by atoms with van der Waals surface area (Å²) in [6.07, 6.45) is 0. The Balaban J connectivity index is 1.95. The summed E-state index contributed by atoms with van der Waals surface area (Å²) < 4.78 is 28.8. The van der Waals surface area contributed by atoms with Crippen molar-refractivity contribution in [3.63, 3.8) is 0 Å². The minimum absolute atomic E-state index is 0.0428. The number of nitro benzene ring substituents is 1. The molecule has 0 saturated carbocycles. The van der Waals surface area contributed by atoms with E-state index in [4.69, 9.17) is 0 Å². The van der Waals surface area contributed by atoms with E-state index in [2.05, 4.69) is 4.99 Å². The van der Waals surface area contributed by atoms with E-state index in [-0.39, 0.29) is 16.1 Å². The fourth-order valence-electron chi connectivity index (χ4n) is 2.97. The maximum atomic E-state index is 12.6. The monoisotopic (exact) mass is 448 g/mol. The van der Waals surface area contributed by atoms with Gasteiger partial charge >= 0.3 is 0 Å². The Morgan fingerprint density at radius 3 is 2.37 bits per heavy atom. The van der Waals surface area contributed by atoms with Crippen molar-refractivity contribution < 1.29 is 18.1 Å². The van der Waals surface area contributed by atoms with Gasteiger partial charge in [-0.3, -0.25) is 14.9 Å². The van der Waals surface area contributed by atoms with E-state index < -0.39 is 20.9 Å². The summed E-state index contributed by atoms with van der Waals surface area (Å²) in [4.78, 5) is 27.7. The number of nitrogens with zero attached hydrogens (tertiary/aromatic N) is 4. The van der Waals surface area contributed by atoms with Gasteiger partial charge in [0, 0.05) is 37.8 Å². The molecule has 3 aromatic rings. The van der Waals surface area contributed by atoms with Crippen LogP contribution < -0.4 is 4.80 Å². The van der Waals surface area contributed by atoms with Gasteiger partial charge in [-0.05, 0) is 30.3 Å². The number of aryl methyl sites for hydroxylation is 1. The highest BCUT2D eigenvalue weighted by molar-refractivity contribution is 7.89. The molecule has 0 aliphatic heterocycles. The molecule has 0 saturated heterocycles. The Labute approximate surface area is 177 Å². The lowest BCUT2D eigenvalue weighted by molar-refractivity contribution is -0.384. The molecule has 1 heterocycles. The fourth-order valence-corrected chi connectivity index (χ4v) is 5.42. The van der Waals surface area contributed by atoms with Crippen LogP contribution >= 0.6 is 11.3 Å². The predicted molar refractivity (Wildman–Crippen MR) is 114 cm³/mol. The summed E-state index contributed by atoms with van der Waals surface area (Å²) in [5.41, 5.74) is 0.803. The first-order valence-corrected chi connectivity index (χ1v) is 11.4. The average molecular weight is 449 g/mol. The SMILES string of the molecule is CCN(CC)S(=O)(=O)c1ccc(C(=O)N=c2sc3ccc([N+](=O)[O-])cc3n2C)cc1. The lowest BCUT2D eigenvalue weighted by atomic mass is 10.2. The van der Waals surface area contributed by atoms with Crippen molar-refractivity contribution in [1.29, 1.82) is 0 Å². The first-order valence-electron chi connectivity index (χ1n) is 9.12. The van der Waals surface area contributed by atoms with Crippen LogP contribution in [0.2, 0.25) is 0 Å². The molecule has 11 heteroatoms. The number of rotatable bonds is 6. The molecule has 3 rings (SSSR count). The molecule has 0 spiro atoms. The number of sulfonamides is 1. The van der Waals surface area contributed by atoms with E-state index in [1.54, 1.807) is 31.5 Å². The Morgan fingerprint density at radius 1 is 1.17 bits per heavy atom. The van der Waals surface area contributed by atoms with Crippen LogP contribution in [0, 0.1) is 10.1 Å². The number of aromatic nitrogens is 1. The minimum Gasteiger partial charge on any atom is -0.319 e. The smallest absolute Gasteiger partial charge is 0.279 e. The van der Waals surface area contributed by atoms with E-state index in [0.717, 1.165) is 4.70 Å². The number of hydrogen-bond donors (Lipinski definition) is 0. The van der Waals surface area contributed by atoms with Crippen LogP contribution in [0.25, 0.3) is 10.2 Å². The topological polar surface area (TPSA) is 115 Å². The zero-order valence-electron chi connectivity index (χ0n) is 16.6. The maximum Gasteiger partial charge on any atom is 0.279 e. The zero-order chi connectivity index (χ0) is 22.1. The molecule has 0 atom stereocenters. The third-order valence-electron chi connectivity index (χ3n) is 4.64.